The molecule has 6 heteroatoms. The number of hydrogen-bond donors (Lipinski definition) is 0. The third kappa shape index (κ3) is 35.5. The highest BCUT2D eigenvalue weighted by Gasteiger charge is 2.19. The van der Waals surface area contributed by atoms with E-state index in [4.69, 9.17) is 14.2 Å². The van der Waals surface area contributed by atoms with Crippen LogP contribution in [0, 0.1) is 5.92 Å². The molecule has 278 valence electrons. The fourth-order valence-corrected chi connectivity index (χ4v) is 5.92. The average Bonchev–Trinajstić information content (AvgIpc) is 3.05. The van der Waals surface area contributed by atoms with Gasteiger partial charge in [0.25, 0.3) is 0 Å². The lowest BCUT2D eigenvalue weighted by atomic mass is 10.0. The van der Waals surface area contributed by atoms with Gasteiger partial charge in [0.05, 0.1) is 0 Å². The van der Waals surface area contributed by atoms with E-state index in [9.17, 15) is 14.4 Å². The SMILES string of the molecule is CCCCCCCCCCCCCCC(=O)O[C@H](COC(=O)CCCCCCCCC)COC(=O)CCCCCCCCCC(C)C. The number of unbranched alkanes of at least 4 members (excludes halogenated alkanes) is 23. The largest absolute Gasteiger partial charge is 0.462 e. The molecule has 0 aromatic carbocycles. The summed E-state index contributed by atoms with van der Waals surface area (Å²) in [5.41, 5.74) is 0. The normalized spacial score (nSPS) is 11.9. The van der Waals surface area contributed by atoms with Crippen LogP contribution in [-0.2, 0) is 28.6 Å². The third-order valence-electron chi connectivity index (χ3n) is 9.04. The van der Waals surface area contributed by atoms with Gasteiger partial charge in [0, 0.05) is 19.3 Å². The van der Waals surface area contributed by atoms with Gasteiger partial charge in [0.2, 0.25) is 0 Å². The fourth-order valence-electron chi connectivity index (χ4n) is 5.92. The molecule has 47 heavy (non-hydrogen) atoms. The average molecular weight is 667 g/mol. The maximum atomic E-state index is 12.6. The highest BCUT2D eigenvalue weighted by molar-refractivity contribution is 5.71. The second kappa shape index (κ2) is 35.7. The molecular formula is C41H78O6. The van der Waals surface area contributed by atoms with Crippen LogP contribution < -0.4 is 0 Å². The summed E-state index contributed by atoms with van der Waals surface area (Å²) >= 11 is 0. The van der Waals surface area contributed by atoms with Gasteiger partial charge < -0.3 is 14.2 Å². The van der Waals surface area contributed by atoms with Gasteiger partial charge in [-0.15, -0.1) is 0 Å². The molecule has 0 spiro atoms. The third-order valence-corrected chi connectivity index (χ3v) is 9.04. The minimum Gasteiger partial charge on any atom is -0.462 e. The zero-order valence-corrected chi connectivity index (χ0v) is 31.7. The number of rotatable bonds is 36. The van der Waals surface area contributed by atoms with Crippen molar-refractivity contribution in [3.05, 3.63) is 0 Å². The molecule has 6 nitrogen and oxygen atoms in total. The highest BCUT2D eigenvalue weighted by atomic mass is 16.6. The molecule has 0 radical (unpaired) electrons. The van der Waals surface area contributed by atoms with E-state index < -0.39 is 6.10 Å². The van der Waals surface area contributed by atoms with E-state index >= 15 is 0 Å². The molecule has 0 saturated heterocycles. The van der Waals surface area contributed by atoms with Crippen molar-refractivity contribution in [3.8, 4) is 0 Å². The fraction of sp³-hybridized carbons (Fsp3) is 0.927. The molecule has 0 aromatic heterocycles. The van der Waals surface area contributed by atoms with Crippen molar-refractivity contribution in [2.75, 3.05) is 13.2 Å². The zero-order valence-electron chi connectivity index (χ0n) is 31.7. The van der Waals surface area contributed by atoms with E-state index in [0.717, 1.165) is 63.7 Å². The van der Waals surface area contributed by atoms with E-state index in [1.807, 2.05) is 0 Å². The van der Waals surface area contributed by atoms with Gasteiger partial charge in [-0.1, -0.05) is 182 Å². The summed E-state index contributed by atoms with van der Waals surface area (Å²) in [7, 11) is 0. The second-order valence-electron chi connectivity index (χ2n) is 14.4. The molecule has 0 aliphatic carbocycles. The second-order valence-corrected chi connectivity index (χ2v) is 14.4. The van der Waals surface area contributed by atoms with Crippen LogP contribution in [0.1, 0.15) is 220 Å². The Bertz CT molecular complexity index is 706. The van der Waals surface area contributed by atoms with E-state index in [1.54, 1.807) is 0 Å². The Labute approximate surface area is 291 Å². The minimum absolute atomic E-state index is 0.0659. The summed E-state index contributed by atoms with van der Waals surface area (Å²) in [6.07, 6.45) is 32.4. The zero-order chi connectivity index (χ0) is 34.6. The van der Waals surface area contributed by atoms with Gasteiger partial charge in [0.15, 0.2) is 6.10 Å². The lowest BCUT2D eigenvalue weighted by molar-refractivity contribution is -0.167. The minimum atomic E-state index is -0.757. The Hall–Kier alpha value is -1.59. The summed E-state index contributed by atoms with van der Waals surface area (Å²) in [4.78, 5) is 37.4. The molecule has 0 bridgehead atoms. The lowest BCUT2D eigenvalue weighted by Gasteiger charge is -2.18. The summed E-state index contributed by atoms with van der Waals surface area (Å²) < 4.78 is 16.6. The number of carbonyl (C=O) groups excluding carboxylic acids is 3. The monoisotopic (exact) mass is 667 g/mol. The predicted octanol–water partition coefficient (Wildman–Crippen LogP) is 12.4. The van der Waals surface area contributed by atoms with Crippen molar-refractivity contribution < 1.29 is 28.6 Å². The van der Waals surface area contributed by atoms with Gasteiger partial charge in [0.1, 0.15) is 13.2 Å². The van der Waals surface area contributed by atoms with E-state index in [0.29, 0.717) is 19.3 Å². The molecule has 0 heterocycles. The molecule has 0 amide bonds. The molecule has 0 rings (SSSR count). The van der Waals surface area contributed by atoms with Crippen molar-refractivity contribution in [3.63, 3.8) is 0 Å². The van der Waals surface area contributed by atoms with Crippen LogP contribution in [0.2, 0.25) is 0 Å². The molecule has 0 aliphatic heterocycles. The first-order chi connectivity index (χ1) is 22.9. The van der Waals surface area contributed by atoms with Crippen molar-refractivity contribution in [2.24, 2.45) is 5.92 Å². The van der Waals surface area contributed by atoms with Crippen LogP contribution in [0.3, 0.4) is 0 Å². The first-order valence-corrected chi connectivity index (χ1v) is 20.4. The van der Waals surface area contributed by atoms with Gasteiger partial charge >= 0.3 is 17.9 Å². The Morgan fingerprint density at radius 1 is 0.404 bits per heavy atom. The molecule has 0 aliphatic rings. The van der Waals surface area contributed by atoms with E-state index in [1.165, 1.54) is 116 Å². The summed E-state index contributed by atoms with van der Waals surface area (Å²) in [6, 6.07) is 0. The highest BCUT2D eigenvalue weighted by Crippen LogP contribution is 2.15. The lowest BCUT2D eigenvalue weighted by Crippen LogP contribution is -2.30. The standard InChI is InChI=1S/C41H78O6/c1-5-7-9-11-13-14-15-16-17-21-26-30-34-41(44)47-38(35-45-39(42)32-28-24-19-12-10-8-6-2)36-46-40(43)33-29-25-22-18-20-23-27-31-37(3)4/h37-38H,5-36H2,1-4H3/t38-/m1/s1. The maximum Gasteiger partial charge on any atom is 0.306 e. The Morgan fingerprint density at radius 3 is 1.04 bits per heavy atom. The van der Waals surface area contributed by atoms with Crippen LogP contribution in [0.4, 0.5) is 0 Å². The van der Waals surface area contributed by atoms with Crippen LogP contribution in [0.15, 0.2) is 0 Å². The predicted molar refractivity (Wildman–Crippen MR) is 196 cm³/mol. The van der Waals surface area contributed by atoms with Crippen LogP contribution in [0.5, 0.6) is 0 Å². The smallest absolute Gasteiger partial charge is 0.306 e. The van der Waals surface area contributed by atoms with Crippen LogP contribution >= 0.6 is 0 Å². The molecule has 0 saturated carbocycles. The van der Waals surface area contributed by atoms with Crippen LogP contribution in [0.25, 0.3) is 0 Å². The number of ether oxygens (including phenoxy) is 3. The molecule has 1 atom stereocenters. The molecule has 0 N–H and O–H groups in total. The number of esters is 3. The first kappa shape index (κ1) is 45.4. The van der Waals surface area contributed by atoms with Gasteiger partial charge in [-0.2, -0.15) is 0 Å². The quantitative estimate of drug-likeness (QED) is 0.0376. The topological polar surface area (TPSA) is 78.9 Å². The Balaban J connectivity index is 4.32. The number of carbonyl (C=O) groups is 3. The van der Waals surface area contributed by atoms with Gasteiger partial charge in [-0.3, -0.25) is 14.4 Å². The number of hydrogen-bond acceptors (Lipinski definition) is 6. The summed E-state index contributed by atoms with van der Waals surface area (Å²) in [5.74, 6) is -0.0885. The van der Waals surface area contributed by atoms with Crippen LogP contribution in [-0.4, -0.2) is 37.2 Å². The molecule has 0 aromatic rings. The molecular weight excluding hydrogens is 588 g/mol. The van der Waals surface area contributed by atoms with Crippen molar-refractivity contribution >= 4 is 17.9 Å². The molecule has 0 fully saturated rings. The summed E-state index contributed by atoms with van der Waals surface area (Å²) in [6.45, 7) is 8.88. The van der Waals surface area contributed by atoms with Gasteiger partial charge in [-0.05, 0) is 25.2 Å². The maximum absolute atomic E-state index is 12.6. The summed E-state index contributed by atoms with van der Waals surface area (Å²) in [5, 5.41) is 0. The van der Waals surface area contributed by atoms with Crippen molar-refractivity contribution in [1.29, 1.82) is 0 Å². The van der Waals surface area contributed by atoms with Gasteiger partial charge in [-0.25, -0.2) is 0 Å². The Kier molecular flexibility index (Phi) is 34.5. The van der Waals surface area contributed by atoms with E-state index in [-0.39, 0.29) is 31.1 Å². The van der Waals surface area contributed by atoms with Crippen molar-refractivity contribution in [2.45, 2.75) is 226 Å². The van der Waals surface area contributed by atoms with Crippen molar-refractivity contribution in [1.82, 2.24) is 0 Å². The Morgan fingerprint density at radius 2 is 0.702 bits per heavy atom. The van der Waals surface area contributed by atoms with E-state index in [2.05, 4.69) is 27.7 Å². The molecule has 0 unspecified atom stereocenters. The first-order valence-electron chi connectivity index (χ1n) is 20.4.